The van der Waals surface area contributed by atoms with Gasteiger partial charge in [0.15, 0.2) is 0 Å². The Morgan fingerprint density at radius 3 is 2.40 bits per heavy atom. The Bertz CT molecular complexity index is 231. The highest BCUT2D eigenvalue weighted by Gasteiger charge is 2.39. The highest BCUT2D eigenvalue weighted by Crippen LogP contribution is 2.45. The molecule has 0 amide bonds. The second kappa shape index (κ2) is 4.26. The van der Waals surface area contributed by atoms with Gasteiger partial charge in [0.25, 0.3) is 0 Å². The number of aliphatic hydroxyl groups is 2. The minimum atomic E-state index is -0.684. The average Bonchev–Trinajstić information content (AvgIpc) is 1.99. The molecule has 0 aliphatic heterocycles. The van der Waals surface area contributed by atoms with Crippen LogP contribution in [0.3, 0.4) is 0 Å². The van der Waals surface area contributed by atoms with Crippen molar-refractivity contribution in [3.63, 3.8) is 0 Å². The van der Waals surface area contributed by atoms with Crippen molar-refractivity contribution < 1.29 is 10.2 Å². The third-order valence-corrected chi connectivity index (χ3v) is 3.44. The van der Waals surface area contributed by atoms with E-state index in [0.29, 0.717) is 6.42 Å². The Kier molecular flexibility index (Phi) is 3.62. The van der Waals surface area contributed by atoms with E-state index in [2.05, 4.69) is 13.8 Å². The molecule has 88 valence electrons. The monoisotopic (exact) mass is 212 g/mol. The molecule has 2 heteroatoms. The first-order valence-corrected chi connectivity index (χ1v) is 5.87. The zero-order chi connectivity index (χ0) is 11.7. The van der Waals surface area contributed by atoms with Crippen LogP contribution in [-0.4, -0.2) is 21.9 Å². The van der Waals surface area contributed by atoms with E-state index in [0.717, 1.165) is 24.8 Å². The minimum absolute atomic E-state index is 0.0661. The van der Waals surface area contributed by atoms with E-state index >= 15 is 0 Å². The topological polar surface area (TPSA) is 40.5 Å². The van der Waals surface area contributed by atoms with Crippen molar-refractivity contribution in [1.29, 1.82) is 0 Å². The summed E-state index contributed by atoms with van der Waals surface area (Å²) in [5.41, 5.74) is 0.481. The maximum Gasteiger partial charge on any atom is 0.0833 e. The third kappa shape index (κ3) is 3.05. The molecule has 1 aliphatic carbocycles. The summed E-state index contributed by atoms with van der Waals surface area (Å²) in [5, 5.41) is 19.6. The average molecular weight is 212 g/mol. The van der Waals surface area contributed by atoms with E-state index in [1.54, 1.807) is 6.92 Å². The fourth-order valence-electron chi connectivity index (χ4n) is 2.66. The van der Waals surface area contributed by atoms with E-state index in [1.807, 2.05) is 13.0 Å². The van der Waals surface area contributed by atoms with Gasteiger partial charge in [0.1, 0.15) is 0 Å². The van der Waals surface area contributed by atoms with Crippen molar-refractivity contribution in [1.82, 2.24) is 0 Å². The summed E-state index contributed by atoms with van der Waals surface area (Å²) >= 11 is 0. The van der Waals surface area contributed by atoms with E-state index in [4.69, 9.17) is 0 Å². The first kappa shape index (κ1) is 12.7. The minimum Gasteiger partial charge on any atom is -0.393 e. The molecule has 15 heavy (non-hydrogen) atoms. The highest BCUT2D eigenvalue weighted by atomic mass is 16.3. The summed E-state index contributed by atoms with van der Waals surface area (Å²) in [6.07, 6.45) is 5.37. The molecule has 0 aromatic carbocycles. The number of hydrogen-bond donors (Lipinski definition) is 2. The molecule has 1 fully saturated rings. The van der Waals surface area contributed by atoms with Crippen LogP contribution >= 0.6 is 0 Å². The zero-order valence-electron chi connectivity index (χ0n) is 10.4. The Morgan fingerprint density at radius 2 is 1.93 bits per heavy atom. The largest absolute Gasteiger partial charge is 0.393 e. The molecular formula is C13H24O2. The Labute approximate surface area is 93.0 Å². The van der Waals surface area contributed by atoms with Crippen LogP contribution in [0.4, 0.5) is 0 Å². The third-order valence-electron chi connectivity index (χ3n) is 3.44. The van der Waals surface area contributed by atoms with Gasteiger partial charge >= 0.3 is 0 Å². The van der Waals surface area contributed by atoms with Crippen molar-refractivity contribution >= 4 is 0 Å². The van der Waals surface area contributed by atoms with Gasteiger partial charge in [-0.15, -0.1) is 0 Å². The van der Waals surface area contributed by atoms with Crippen LogP contribution in [0.5, 0.6) is 0 Å². The lowest BCUT2D eigenvalue weighted by Gasteiger charge is -2.43. The van der Waals surface area contributed by atoms with E-state index in [1.165, 1.54) is 0 Å². The molecule has 0 aromatic heterocycles. The standard InChI is InChI=1S/C13H24O2/c1-10(14)6-7-11-12(2,3)8-5-9-13(11,4)15/h7,10,14-15H,5-6,8-9H2,1-4H3/b11-7-. The fraction of sp³-hybridized carbons (Fsp3) is 0.846. The van der Waals surface area contributed by atoms with Gasteiger partial charge < -0.3 is 10.2 Å². The first-order valence-electron chi connectivity index (χ1n) is 5.87. The van der Waals surface area contributed by atoms with Crippen LogP contribution in [0, 0.1) is 5.41 Å². The molecule has 0 saturated heterocycles. The van der Waals surface area contributed by atoms with Gasteiger partial charge in [-0.25, -0.2) is 0 Å². The molecular weight excluding hydrogens is 188 g/mol. The van der Waals surface area contributed by atoms with Crippen LogP contribution in [-0.2, 0) is 0 Å². The lowest BCUT2D eigenvalue weighted by atomic mass is 9.66. The quantitative estimate of drug-likeness (QED) is 0.691. The number of aliphatic hydroxyl groups excluding tert-OH is 1. The van der Waals surface area contributed by atoms with Crippen molar-refractivity contribution in [2.45, 2.75) is 65.1 Å². The summed E-state index contributed by atoms with van der Waals surface area (Å²) in [7, 11) is 0. The zero-order valence-corrected chi connectivity index (χ0v) is 10.4. The van der Waals surface area contributed by atoms with Gasteiger partial charge in [0, 0.05) is 0 Å². The van der Waals surface area contributed by atoms with Crippen LogP contribution in [0.25, 0.3) is 0 Å². The molecule has 0 spiro atoms. The predicted octanol–water partition coefficient (Wildman–Crippen LogP) is 2.64. The Hall–Kier alpha value is -0.340. The lowest BCUT2D eigenvalue weighted by Crippen LogP contribution is -2.39. The maximum atomic E-state index is 10.3. The van der Waals surface area contributed by atoms with Crippen molar-refractivity contribution in [3.05, 3.63) is 11.6 Å². The molecule has 1 aliphatic rings. The molecule has 2 unspecified atom stereocenters. The van der Waals surface area contributed by atoms with Gasteiger partial charge in [-0.1, -0.05) is 19.9 Å². The van der Waals surface area contributed by atoms with Crippen LogP contribution < -0.4 is 0 Å². The van der Waals surface area contributed by atoms with Gasteiger partial charge in [-0.05, 0) is 50.5 Å². The summed E-state index contributed by atoms with van der Waals surface area (Å²) in [6, 6.07) is 0. The number of rotatable bonds is 2. The van der Waals surface area contributed by atoms with Crippen molar-refractivity contribution in [2.24, 2.45) is 5.41 Å². The SMILES string of the molecule is CC(O)C/C=C1/C(C)(C)CCCC1(C)O. The Balaban J connectivity index is 2.91. The molecule has 0 bridgehead atoms. The summed E-state index contributed by atoms with van der Waals surface area (Å²) in [4.78, 5) is 0. The summed E-state index contributed by atoms with van der Waals surface area (Å²) in [6.45, 7) is 8.02. The van der Waals surface area contributed by atoms with Crippen LogP contribution in [0.2, 0.25) is 0 Å². The molecule has 2 atom stereocenters. The highest BCUT2D eigenvalue weighted by molar-refractivity contribution is 5.25. The number of hydrogen-bond acceptors (Lipinski definition) is 2. The van der Waals surface area contributed by atoms with Gasteiger partial charge in [0.2, 0.25) is 0 Å². The smallest absolute Gasteiger partial charge is 0.0833 e. The van der Waals surface area contributed by atoms with Gasteiger partial charge in [0.05, 0.1) is 11.7 Å². The summed E-state index contributed by atoms with van der Waals surface area (Å²) in [5.74, 6) is 0. The molecule has 0 radical (unpaired) electrons. The fourth-order valence-corrected chi connectivity index (χ4v) is 2.66. The van der Waals surface area contributed by atoms with Gasteiger partial charge in [-0.3, -0.25) is 0 Å². The Morgan fingerprint density at radius 1 is 1.33 bits per heavy atom. The van der Waals surface area contributed by atoms with Crippen molar-refractivity contribution in [3.8, 4) is 0 Å². The summed E-state index contributed by atoms with van der Waals surface area (Å²) < 4.78 is 0. The normalized spacial score (nSPS) is 35.5. The first-order chi connectivity index (χ1) is 6.76. The van der Waals surface area contributed by atoms with E-state index in [9.17, 15) is 10.2 Å². The maximum absolute atomic E-state index is 10.3. The van der Waals surface area contributed by atoms with Gasteiger partial charge in [-0.2, -0.15) is 0 Å². The predicted molar refractivity (Wildman–Crippen MR) is 62.6 cm³/mol. The lowest BCUT2D eigenvalue weighted by molar-refractivity contribution is 0.0387. The second-order valence-corrected chi connectivity index (χ2v) is 5.71. The van der Waals surface area contributed by atoms with Crippen molar-refractivity contribution in [2.75, 3.05) is 0 Å². The van der Waals surface area contributed by atoms with Crippen LogP contribution in [0.1, 0.15) is 53.4 Å². The van der Waals surface area contributed by atoms with E-state index < -0.39 is 5.60 Å². The molecule has 1 saturated carbocycles. The molecule has 0 heterocycles. The van der Waals surface area contributed by atoms with E-state index in [-0.39, 0.29) is 11.5 Å². The second-order valence-electron chi connectivity index (χ2n) is 5.71. The molecule has 2 N–H and O–H groups in total. The van der Waals surface area contributed by atoms with Crippen LogP contribution in [0.15, 0.2) is 11.6 Å². The molecule has 2 nitrogen and oxygen atoms in total. The molecule has 0 aromatic rings. The molecule has 1 rings (SSSR count).